The number of aryl methyl sites for hydroxylation is 2. The molecule has 2 aromatic rings. The van der Waals surface area contributed by atoms with Crippen LogP contribution in [0.1, 0.15) is 42.4 Å². The average Bonchev–Trinajstić information content (AvgIpc) is 3.03. The molecule has 1 amide bonds. The standard InChI is InChI=1S/C20H23NO/c1-15-10-11-18(14-16(15)2)21-19(22)20(12-6-7-13-20)17-8-4-3-5-9-17/h3-5,8-11,14H,6-7,12-13H2,1-2H3,(H,21,22). The first kappa shape index (κ1) is 14.8. The summed E-state index contributed by atoms with van der Waals surface area (Å²) in [7, 11) is 0. The van der Waals surface area contributed by atoms with E-state index in [1.165, 1.54) is 11.1 Å². The van der Waals surface area contributed by atoms with Gasteiger partial charge in [0.05, 0.1) is 5.41 Å². The Morgan fingerprint density at radius 2 is 1.64 bits per heavy atom. The van der Waals surface area contributed by atoms with Gasteiger partial charge in [0.1, 0.15) is 0 Å². The van der Waals surface area contributed by atoms with Crippen molar-refractivity contribution in [1.29, 1.82) is 0 Å². The lowest BCUT2D eigenvalue weighted by Crippen LogP contribution is -2.37. The van der Waals surface area contributed by atoms with Crippen molar-refractivity contribution in [3.63, 3.8) is 0 Å². The highest BCUT2D eigenvalue weighted by atomic mass is 16.2. The first-order chi connectivity index (χ1) is 10.6. The first-order valence-electron chi connectivity index (χ1n) is 8.06. The minimum absolute atomic E-state index is 0.138. The summed E-state index contributed by atoms with van der Waals surface area (Å²) in [6, 6.07) is 16.4. The van der Waals surface area contributed by atoms with Crippen LogP contribution in [0, 0.1) is 13.8 Å². The first-order valence-corrected chi connectivity index (χ1v) is 8.06. The molecule has 1 aliphatic carbocycles. The number of carbonyl (C=O) groups excluding carboxylic acids is 1. The monoisotopic (exact) mass is 293 g/mol. The third-order valence-electron chi connectivity index (χ3n) is 4.98. The van der Waals surface area contributed by atoms with Gasteiger partial charge in [-0.3, -0.25) is 4.79 Å². The summed E-state index contributed by atoms with van der Waals surface area (Å²) in [5.41, 5.74) is 4.14. The maximum absolute atomic E-state index is 13.0. The van der Waals surface area contributed by atoms with Crippen LogP contribution in [0.2, 0.25) is 0 Å². The molecule has 0 aromatic heterocycles. The van der Waals surface area contributed by atoms with E-state index in [0.29, 0.717) is 0 Å². The molecule has 3 rings (SSSR count). The Kier molecular flexibility index (Phi) is 4.02. The molecule has 22 heavy (non-hydrogen) atoms. The molecule has 0 radical (unpaired) electrons. The quantitative estimate of drug-likeness (QED) is 0.869. The van der Waals surface area contributed by atoms with E-state index in [4.69, 9.17) is 0 Å². The third kappa shape index (κ3) is 2.66. The Labute approximate surface area is 132 Å². The van der Waals surface area contributed by atoms with Gasteiger partial charge in [-0.05, 0) is 55.5 Å². The second-order valence-corrected chi connectivity index (χ2v) is 6.41. The van der Waals surface area contributed by atoms with Crippen LogP contribution in [0.5, 0.6) is 0 Å². The molecule has 0 aliphatic heterocycles. The average molecular weight is 293 g/mol. The molecule has 1 saturated carbocycles. The van der Waals surface area contributed by atoms with Crippen molar-refractivity contribution >= 4 is 11.6 Å². The minimum atomic E-state index is -0.361. The van der Waals surface area contributed by atoms with E-state index in [2.05, 4.69) is 43.4 Å². The van der Waals surface area contributed by atoms with E-state index >= 15 is 0 Å². The fourth-order valence-corrected chi connectivity index (χ4v) is 3.45. The minimum Gasteiger partial charge on any atom is -0.325 e. The van der Waals surface area contributed by atoms with Crippen LogP contribution in [0.4, 0.5) is 5.69 Å². The van der Waals surface area contributed by atoms with Crippen molar-refractivity contribution in [2.75, 3.05) is 5.32 Å². The number of hydrogen-bond donors (Lipinski definition) is 1. The van der Waals surface area contributed by atoms with E-state index in [0.717, 1.165) is 36.9 Å². The summed E-state index contributed by atoms with van der Waals surface area (Å²) in [6.45, 7) is 4.16. The Morgan fingerprint density at radius 1 is 0.955 bits per heavy atom. The molecule has 1 aliphatic rings. The molecule has 0 atom stereocenters. The number of carbonyl (C=O) groups is 1. The van der Waals surface area contributed by atoms with Crippen molar-refractivity contribution in [2.45, 2.75) is 44.9 Å². The fraction of sp³-hybridized carbons (Fsp3) is 0.350. The van der Waals surface area contributed by atoms with Crippen molar-refractivity contribution in [2.24, 2.45) is 0 Å². The van der Waals surface area contributed by atoms with E-state index in [1.807, 2.05) is 24.3 Å². The SMILES string of the molecule is Cc1ccc(NC(=O)C2(c3ccccc3)CCCC2)cc1C. The molecule has 0 unspecified atom stereocenters. The molecule has 2 aromatic carbocycles. The van der Waals surface area contributed by atoms with Gasteiger partial charge >= 0.3 is 0 Å². The van der Waals surface area contributed by atoms with Gasteiger partial charge in [-0.25, -0.2) is 0 Å². The number of amides is 1. The van der Waals surface area contributed by atoms with Gasteiger partial charge in [-0.1, -0.05) is 49.2 Å². The number of rotatable bonds is 3. The lowest BCUT2D eigenvalue weighted by molar-refractivity contribution is -0.121. The zero-order chi connectivity index (χ0) is 15.6. The molecule has 0 bridgehead atoms. The maximum atomic E-state index is 13.0. The summed E-state index contributed by atoms with van der Waals surface area (Å²) < 4.78 is 0. The molecule has 2 heteroatoms. The van der Waals surface area contributed by atoms with Crippen molar-refractivity contribution in [3.8, 4) is 0 Å². The lowest BCUT2D eigenvalue weighted by Gasteiger charge is -2.28. The van der Waals surface area contributed by atoms with Crippen LogP contribution in [-0.4, -0.2) is 5.91 Å². The lowest BCUT2D eigenvalue weighted by atomic mass is 9.78. The van der Waals surface area contributed by atoms with Gasteiger partial charge in [-0.2, -0.15) is 0 Å². The fourth-order valence-electron chi connectivity index (χ4n) is 3.45. The predicted octanol–water partition coefficient (Wildman–Crippen LogP) is 4.75. The summed E-state index contributed by atoms with van der Waals surface area (Å²) in [5.74, 6) is 0.138. The molecule has 2 nitrogen and oxygen atoms in total. The van der Waals surface area contributed by atoms with Crippen LogP contribution in [-0.2, 0) is 10.2 Å². The second-order valence-electron chi connectivity index (χ2n) is 6.41. The maximum Gasteiger partial charge on any atom is 0.235 e. The summed E-state index contributed by atoms with van der Waals surface area (Å²) in [5, 5.41) is 3.15. The van der Waals surface area contributed by atoms with Gasteiger partial charge in [0, 0.05) is 5.69 Å². The largest absolute Gasteiger partial charge is 0.325 e. The van der Waals surface area contributed by atoms with Crippen molar-refractivity contribution in [3.05, 3.63) is 65.2 Å². The zero-order valence-corrected chi connectivity index (χ0v) is 13.4. The number of anilines is 1. The Morgan fingerprint density at radius 3 is 2.27 bits per heavy atom. The van der Waals surface area contributed by atoms with Crippen LogP contribution in [0.25, 0.3) is 0 Å². The van der Waals surface area contributed by atoms with Crippen LogP contribution in [0.3, 0.4) is 0 Å². The number of benzene rings is 2. The second kappa shape index (κ2) is 5.96. The van der Waals surface area contributed by atoms with E-state index in [-0.39, 0.29) is 11.3 Å². The normalized spacial score (nSPS) is 16.5. The van der Waals surface area contributed by atoms with E-state index in [1.54, 1.807) is 0 Å². The Balaban J connectivity index is 1.89. The van der Waals surface area contributed by atoms with Crippen molar-refractivity contribution < 1.29 is 4.79 Å². The van der Waals surface area contributed by atoms with E-state index in [9.17, 15) is 4.79 Å². The molecule has 1 fully saturated rings. The van der Waals surface area contributed by atoms with Crippen molar-refractivity contribution in [1.82, 2.24) is 0 Å². The number of hydrogen-bond acceptors (Lipinski definition) is 1. The topological polar surface area (TPSA) is 29.1 Å². The summed E-state index contributed by atoms with van der Waals surface area (Å²) in [4.78, 5) is 13.0. The highest BCUT2D eigenvalue weighted by Crippen LogP contribution is 2.42. The molecule has 0 saturated heterocycles. The third-order valence-corrected chi connectivity index (χ3v) is 4.98. The van der Waals surface area contributed by atoms with Gasteiger partial charge in [-0.15, -0.1) is 0 Å². The van der Waals surface area contributed by atoms with Crippen LogP contribution in [0.15, 0.2) is 48.5 Å². The highest BCUT2D eigenvalue weighted by Gasteiger charge is 2.42. The van der Waals surface area contributed by atoms with Crippen LogP contribution < -0.4 is 5.32 Å². The summed E-state index contributed by atoms with van der Waals surface area (Å²) >= 11 is 0. The molecular weight excluding hydrogens is 270 g/mol. The van der Waals surface area contributed by atoms with E-state index < -0.39 is 0 Å². The molecule has 0 heterocycles. The molecule has 0 spiro atoms. The van der Waals surface area contributed by atoms with Gasteiger partial charge in [0.15, 0.2) is 0 Å². The smallest absolute Gasteiger partial charge is 0.235 e. The number of nitrogens with one attached hydrogen (secondary N) is 1. The summed E-state index contributed by atoms with van der Waals surface area (Å²) in [6.07, 6.45) is 4.12. The predicted molar refractivity (Wildman–Crippen MR) is 91.1 cm³/mol. The van der Waals surface area contributed by atoms with Gasteiger partial charge in [0.2, 0.25) is 5.91 Å². The zero-order valence-electron chi connectivity index (χ0n) is 13.4. The van der Waals surface area contributed by atoms with Gasteiger partial charge < -0.3 is 5.32 Å². The molecule has 114 valence electrons. The highest BCUT2D eigenvalue weighted by molar-refractivity contribution is 5.99. The molecule has 1 N–H and O–H groups in total. The molecular formula is C20H23NO. The van der Waals surface area contributed by atoms with Gasteiger partial charge in [0.25, 0.3) is 0 Å². The Hall–Kier alpha value is -2.09. The van der Waals surface area contributed by atoms with Crippen LogP contribution >= 0.6 is 0 Å². The Bertz CT molecular complexity index is 669.